The lowest BCUT2D eigenvalue weighted by atomic mass is 9.91. The molecule has 2 N–H and O–H groups in total. The third-order valence-corrected chi connectivity index (χ3v) is 5.34. The molecule has 0 atom stereocenters. The zero-order valence-electron chi connectivity index (χ0n) is 16.0. The van der Waals surface area contributed by atoms with Crippen LogP contribution in [-0.2, 0) is 7.05 Å². The monoisotopic (exact) mass is 403 g/mol. The van der Waals surface area contributed by atoms with Gasteiger partial charge in [-0.05, 0) is 30.2 Å². The Morgan fingerprint density at radius 1 is 1.21 bits per heavy atom. The van der Waals surface area contributed by atoms with E-state index in [1.54, 1.807) is 23.0 Å². The van der Waals surface area contributed by atoms with Crippen LogP contribution in [0.2, 0.25) is 5.02 Å². The number of ketones is 1. The van der Waals surface area contributed by atoms with Gasteiger partial charge in [-0.3, -0.25) is 14.5 Å². The molecule has 0 aliphatic carbocycles. The molecule has 0 fully saturated rings. The van der Waals surface area contributed by atoms with Crippen LogP contribution in [0, 0.1) is 13.5 Å². The molecule has 1 aliphatic heterocycles. The maximum atomic E-state index is 12.2. The first-order chi connectivity index (χ1) is 13.9. The summed E-state index contributed by atoms with van der Waals surface area (Å²) >= 11 is 6.30. The minimum atomic E-state index is -0.0177. The van der Waals surface area contributed by atoms with E-state index in [-0.39, 0.29) is 18.9 Å². The number of Topliss-reactive ketones (excluding diaryl/α,β-unsaturated/α-hetero) is 1. The van der Waals surface area contributed by atoms with Gasteiger partial charge >= 0.3 is 0 Å². The molecule has 0 saturated heterocycles. The Labute approximate surface area is 173 Å². The molecule has 0 unspecified atom stereocenters. The van der Waals surface area contributed by atoms with Gasteiger partial charge < -0.3 is 5.73 Å². The van der Waals surface area contributed by atoms with Crippen molar-refractivity contribution in [2.24, 2.45) is 17.8 Å². The highest BCUT2D eigenvalue weighted by atomic mass is 35.5. The molecule has 2 heterocycles. The molecule has 7 heteroatoms. The Bertz CT molecular complexity index is 1230. The number of aryl methyl sites for hydroxylation is 2. The van der Waals surface area contributed by atoms with Crippen molar-refractivity contribution < 1.29 is 4.79 Å². The molecule has 29 heavy (non-hydrogen) atoms. The van der Waals surface area contributed by atoms with Gasteiger partial charge in [0, 0.05) is 40.9 Å². The number of nitrogens with two attached hydrogens (primary N) is 1. The number of nitrogens with zero attached hydrogens (tertiary/aromatic N) is 4. The minimum Gasteiger partial charge on any atom is -0.325 e. The summed E-state index contributed by atoms with van der Waals surface area (Å²) in [6, 6.07) is 9.20. The highest BCUT2D eigenvalue weighted by Crippen LogP contribution is 2.41. The van der Waals surface area contributed by atoms with Crippen LogP contribution in [0.5, 0.6) is 0 Å². The van der Waals surface area contributed by atoms with Gasteiger partial charge in [0.15, 0.2) is 11.5 Å². The second kappa shape index (κ2) is 7.28. The number of rotatable bonds is 3. The number of aromatic nitrogens is 2. The molecule has 0 spiro atoms. The summed E-state index contributed by atoms with van der Waals surface area (Å²) in [5.74, 6) is -0.0177. The molecule has 3 aromatic rings. The molecular weight excluding hydrogens is 386 g/mol. The molecule has 0 saturated carbocycles. The number of hydrogen-bond donors (Lipinski definition) is 1. The standard InChI is InChI=1S/C22H18ClN5O/c1-12-6-14(23)8-17(21(12)25-2)22-18(10-27-28(22)3)13-4-5-15-16(7-13)19(9-24)26-11-20(15)29/h4-8,10H,9,11,24H2,1,3H3. The van der Waals surface area contributed by atoms with Gasteiger partial charge in [-0.25, -0.2) is 4.85 Å². The molecule has 1 aliphatic rings. The van der Waals surface area contributed by atoms with Crippen molar-refractivity contribution >= 4 is 28.8 Å². The van der Waals surface area contributed by atoms with Gasteiger partial charge in [-0.15, -0.1) is 0 Å². The summed E-state index contributed by atoms with van der Waals surface area (Å²) in [5, 5.41) is 4.98. The molecule has 0 amide bonds. The maximum absolute atomic E-state index is 12.2. The van der Waals surface area contributed by atoms with Crippen molar-refractivity contribution in [3.8, 4) is 22.4 Å². The quantitative estimate of drug-likeness (QED) is 0.665. The van der Waals surface area contributed by atoms with Crippen LogP contribution in [0.4, 0.5) is 5.69 Å². The summed E-state index contributed by atoms with van der Waals surface area (Å²) in [5.41, 5.74) is 12.5. The number of carbonyl (C=O) groups is 1. The lowest BCUT2D eigenvalue weighted by Crippen LogP contribution is -2.24. The Morgan fingerprint density at radius 3 is 2.72 bits per heavy atom. The Morgan fingerprint density at radius 2 is 2.00 bits per heavy atom. The van der Waals surface area contributed by atoms with E-state index in [0.29, 0.717) is 22.0 Å². The van der Waals surface area contributed by atoms with Crippen molar-refractivity contribution in [2.45, 2.75) is 6.92 Å². The van der Waals surface area contributed by atoms with Gasteiger partial charge in [-0.1, -0.05) is 29.8 Å². The van der Waals surface area contributed by atoms with Crippen LogP contribution in [-0.4, -0.2) is 34.4 Å². The second-order valence-corrected chi connectivity index (χ2v) is 7.35. The predicted molar refractivity (Wildman–Crippen MR) is 115 cm³/mol. The van der Waals surface area contributed by atoms with E-state index in [9.17, 15) is 4.79 Å². The zero-order chi connectivity index (χ0) is 20.7. The van der Waals surface area contributed by atoms with Gasteiger partial charge in [0.2, 0.25) is 0 Å². The molecule has 1 aromatic heterocycles. The maximum Gasteiger partial charge on any atom is 0.199 e. The number of halogens is 1. The second-order valence-electron chi connectivity index (χ2n) is 6.91. The third kappa shape index (κ3) is 3.15. The molecule has 0 radical (unpaired) electrons. The van der Waals surface area contributed by atoms with E-state index in [0.717, 1.165) is 33.5 Å². The Balaban J connectivity index is 1.95. The van der Waals surface area contributed by atoms with E-state index in [4.69, 9.17) is 23.9 Å². The fourth-order valence-corrected chi connectivity index (χ4v) is 4.01. The van der Waals surface area contributed by atoms with Crippen LogP contribution in [0.15, 0.2) is 41.5 Å². The van der Waals surface area contributed by atoms with Crippen LogP contribution < -0.4 is 5.73 Å². The van der Waals surface area contributed by atoms with Crippen molar-refractivity contribution in [1.29, 1.82) is 0 Å². The Hall–Kier alpha value is -3.27. The third-order valence-electron chi connectivity index (χ3n) is 5.12. The highest BCUT2D eigenvalue weighted by Gasteiger charge is 2.23. The average molecular weight is 404 g/mol. The predicted octanol–water partition coefficient (Wildman–Crippen LogP) is 4.21. The fraction of sp³-hybridized carbons (Fsp3) is 0.182. The van der Waals surface area contributed by atoms with Crippen LogP contribution in [0.25, 0.3) is 27.2 Å². The first kappa shape index (κ1) is 19.1. The zero-order valence-corrected chi connectivity index (χ0v) is 16.8. The number of hydrogen-bond acceptors (Lipinski definition) is 4. The molecule has 6 nitrogen and oxygen atoms in total. The van der Waals surface area contributed by atoms with Gasteiger partial charge in [-0.2, -0.15) is 5.10 Å². The lowest BCUT2D eigenvalue weighted by Gasteiger charge is -2.17. The first-order valence-corrected chi connectivity index (χ1v) is 9.43. The van der Waals surface area contributed by atoms with Crippen molar-refractivity contribution in [1.82, 2.24) is 9.78 Å². The summed E-state index contributed by atoms with van der Waals surface area (Å²) in [7, 11) is 1.83. The SMILES string of the molecule is [C-]#[N+]c1c(C)cc(Cl)cc1-c1c(-c2ccc3c(c2)C(CN)=NCC3=O)cnn1C. The fourth-order valence-electron chi connectivity index (χ4n) is 3.74. The summed E-state index contributed by atoms with van der Waals surface area (Å²) < 4.78 is 1.73. The van der Waals surface area contributed by atoms with E-state index in [2.05, 4.69) is 14.9 Å². The average Bonchev–Trinajstić information content (AvgIpc) is 3.09. The number of carbonyl (C=O) groups excluding carboxylic acids is 1. The molecule has 2 aromatic carbocycles. The van der Waals surface area contributed by atoms with Gasteiger partial charge in [0.05, 0.1) is 24.2 Å². The van der Waals surface area contributed by atoms with Crippen molar-refractivity contribution in [3.63, 3.8) is 0 Å². The summed E-state index contributed by atoms with van der Waals surface area (Å²) in [4.78, 5) is 20.3. The van der Waals surface area contributed by atoms with Gasteiger partial charge in [0.1, 0.15) is 6.54 Å². The molecule has 4 rings (SSSR count). The normalized spacial score (nSPS) is 13.1. The smallest absolute Gasteiger partial charge is 0.199 e. The number of fused-ring (bicyclic) bond motifs is 1. The van der Waals surface area contributed by atoms with E-state index < -0.39 is 0 Å². The summed E-state index contributed by atoms with van der Waals surface area (Å²) in [6.07, 6.45) is 1.75. The molecular formula is C22H18ClN5O. The number of aliphatic imine (C=N–C) groups is 1. The van der Waals surface area contributed by atoms with E-state index >= 15 is 0 Å². The van der Waals surface area contributed by atoms with Crippen molar-refractivity contribution in [2.75, 3.05) is 13.1 Å². The van der Waals surface area contributed by atoms with Crippen LogP contribution >= 0.6 is 11.6 Å². The lowest BCUT2D eigenvalue weighted by molar-refractivity contribution is 0.1000. The Kier molecular flexibility index (Phi) is 4.79. The topological polar surface area (TPSA) is 77.6 Å². The first-order valence-electron chi connectivity index (χ1n) is 9.06. The summed E-state index contributed by atoms with van der Waals surface area (Å²) in [6.45, 7) is 9.89. The molecule has 144 valence electrons. The van der Waals surface area contributed by atoms with E-state index in [1.807, 2.05) is 32.2 Å². The van der Waals surface area contributed by atoms with Crippen molar-refractivity contribution in [3.05, 3.63) is 69.7 Å². The number of benzene rings is 2. The van der Waals surface area contributed by atoms with E-state index in [1.165, 1.54) is 0 Å². The highest BCUT2D eigenvalue weighted by molar-refractivity contribution is 6.31. The van der Waals surface area contributed by atoms with Crippen LogP contribution in [0.1, 0.15) is 21.5 Å². The van der Waals surface area contributed by atoms with Crippen LogP contribution in [0.3, 0.4) is 0 Å². The minimum absolute atomic E-state index is 0.0177. The largest absolute Gasteiger partial charge is 0.325 e. The molecule has 0 bridgehead atoms. The van der Waals surface area contributed by atoms with Gasteiger partial charge in [0.25, 0.3) is 0 Å².